The van der Waals surface area contributed by atoms with E-state index in [1.165, 1.54) is 0 Å². The van der Waals surface area contributed by atoms with Gasteiger partial charge in [0.15, 0.2) is 11.0 Å². The summed E-state index contributed by atoms with van der Waals surface area (Å²) in [6.45, 7) is 2.45. The summed E-state index contributed by atoms with van der Waals surface area (Å²) in [5, 5.41) is 10.7. The monoisotopic (exact) mass is 262 g/mol. The van der Waals surface area contributed by atoms with Crippen molar-refractivity contribution < 1.29 is 4.74 Å². The minimum atomic E-state index is 0.0962. The highest BCUT2D eigenvalue weighted by molar-refractivity contribution is 6.32. The zero-order valence-corrected chi connectivity index (χ0v) is 10.1. The lowest BCUT2D eigenvalue weighted by molar-refractivity contribution is 0.0699. The van der Waals surface area contributed by atoms with Gasteiger partial charge in [0.25, 0.3) is 0 Å². The third kappa shape index (κ3) is 3.17. The molecule has 0 amide bonds. The van der Waals surface area contributed by atoms with Gasteiger partial charge in [0, 0.05) is 19.8 Å². The Hall–Kier alpha value is -0.650. The van der Waals surface area contributed by atoms with Crippen molar-refractivity contribution in [3.63, 3.8) is 0 Å². The number of nitrogens with one attached hydrogen (secondary N) is 1. The maximum Gasteiger partial charge on any atom is 0.245 e. The molecule has 1 aliphatic rings. The molecule has 5 nitrogen and oxygen atoms in total. The van der Waals surface area contributed by atoms with Gasteiger partial charge in [-0.1, -0.05) is 11.6 Å². The first-order valence-corrected chi connectivity index (χ1v) is 5.88. The summed E-state index contributed by atoms with van der Waals surface area (Å²) in [5.41, 5.74) is 0. The van der Waals surface area contributed by atoms with Gasteiger partial charge in [-0.3, -0.25) is 0 Å². The maximum absolute atomic E-state index is 5.83. The molecular weight excluding hydrogens is 251 g/mol. The molecule has 0 aromatic carbocycles. The van der Waals surface area contributed by atoms with Crippen molar-refractivity contribution in [3.8, 4) is 0 Å². The van der Waals surface area contributed by atoms with Crippen LogP contribution < -0.4 is 5.32 Å². The molecule has 1 N–H and O–H groups in total. The van der Waals surface area contributed by atoms with Crippen LogP contribution in [0.1, 0.15) is 12.8 Å². The van der Waals surface area contributed by atoms with Gasteiger partial charge < -0.3 is 10.1 Å². The van der Waals surface area contributed by atoms with Gasteiger partial charge in [0.2, 0.25) is 5.28 Å². The summed E-state index contributed by atoms with van der Waals surface area (Å²) >= 11 is 11.5. The van der Waals surface area contributed by atoms with E-state index in [9.17, 15) is 0 Å². The van der Waals surface area contributed by atoms with Crippen molar-refractivity contribution in [3.05, 3.63) is 10.4 Å². The molecule has 1 aromatic heterocycles. The average molecular weight is 263 g/mol. The summed E-state index contributed by atoms with van der Waals surface area (Å²) in [6.07, 6.45) is 2.10. The predicted molar refractivity (Wildman–Crippen MR) is 61.9 cm³/mol. The Morgan fingerprint density at radius 1 is 1.25 bits per heavy atom. The topological polar surface area (TPSA) is 59.9 Å². The van der Waals surface area contributed by atoms with Crippen LogP contribution >= 0.6 is 23.2 Å². The van der Waals surface area contributed by atoms with Gasteiger partial charge >= 0.3 is 0 Å². The van der Waals surface area contributed by atoms with Crippen molar-refractivity contribution >= 4 is 29.0 Å². The van der Waals surface area contributed by atoms with E-state index in [0.29, 0.717) is 11.7 Å². The smallest absolute Gasteiger partial charge is 0.245 e. The molecule has 7 heteroatoms. The number of aromatic nitrogens is 3. The zero-order chi connectivity index (χ0) is 11.4. The second-order valence-electron chi connectivity index (χ2n) is 3.66. The molecule has 0 unspecified atom stereocenters. The molecule has 1 aromatic rings. The van der Waals surface area contributed by atoms with E-state index in [1.54, 1.807) is 0 Å². The van der Waals surface area contributed by atoms with Gasteiger partial charge in [-0.15, -0.1) is 10.2 Å². The van der Waals surface area contributed by atoms with Gasteiger partial charge in [-0.2, -0.15) is 4.98 Å². The van der Waals surface area contributed by atoms with Crippen molar-refractivity contribution in [1.82, 2.24) is 15.2 Å². The highest BCUT2D eigenvalue weighted by Gasteiger charge is 2.14. The Balaban J connectivity index is 1.90. The highest BCUT2D eigenvalue weighted by atomic mass is 35.5. The van der Waals surface area contributed by atoms with E-state index in [-0.39, 0.29) is 10.4 Å². The lowest BCUT2D eigenvalue weighted by Crippen LogP contribution is -2.23. The SMILES string of the molecule is Clc1nnc(Cl)c(NCC2CCOCC2)n1. The Kier molecular flexibility index (Phi) is 4.15. The summed E-state index contributed by atoms with van der Waals surface area (Å²) in [5.74, 6) is 1.08. The number of hydrogen-bond acceptors (Lipinski definition) is 5. The zero-order valence-electron chi connectivity index (χ0n) is 8.62. The van der Waals surface area contributed by atoms with Crippen LogP contribution in [0.15, 0.2) is 0 Å². The second kappa shape index (κ2) is 5.61. The van der Waals surface area contributed by atoms with Gasteiger partial charge in [0.1, 0.15) is 0 Å². The number of nitrogens with zero attached hydrogens (tertiary/aromatic N) is 3. The molecule has 0 saturated carbocycles. The molecule has 0 atom stereocenters. The van der Waals surface area contributed by atoms with Crippen molar-refractivity contribution in [2.75, 3.05) is 25.1 Å². The average Bonchev–Trinajstić information content (AvgIpc) is 2.32. The number of hydrogen-bond donors (Lipinski definition) is 1. The third-order valence-electron chi connectivity index (χ3n) is 2.52. The van der Waals surface area contributed by atoms with Crippen LogP contribution in [0.3, 0.4) is 0 Å². The van der Waals surface area contributed by atoms with E-state index < -0.39 is 0 Å². The molecule has 0 radical (unpaired) electrons. The van der Waals surface area contributed by atoms with Crippen LogP contribution in [-0.2, 0) is 4.74 Å². The summed E-state index contributed by atoms with van der Waals surface area (Å²) in [4.78, 5) is 3.97. The van der Waals surface area contributed by atoms with Crippen LogP contribution in [0, 0.1) is 5.92 Å². The summed E-state index contributed by atoms with van der Waals surface area (Å²) < 4.78 is 5.28. The molecule has 0 spiro atoms. The van der Waals surface area contributed by atoms with Crippen LogP contribution in [0.4, 0.5) is 5.82 Å². The number of ether oxygens (including phenoxy) is 1. The lowest BCUT2D eigenvalue weighted by atomic mass is 10.0. The van der Waals surface area contributed by atoms with E-state index in [1.807, 2.05) is 0 Å². The van der Waals surface area contributed by atoms with Crippen LogP contribution in [-0.4, -0.2) is 34.9 Å². The first-order valence-electron chi connectivity index (χ1n) is 5.13. The molecule has 1 fully saturated rings. The molecule has 0 bridgehead atoms. The van der Waals surface area contributed by atoms with Crippen molar-refractivity contribution in [2.24, 2.45) is 5.92 Å². The van der Waals surface area contributed by atoms with E-state index >= 15 is 0 Å². The van der Waals surface area contributed by atoms with E-state index in [4.69, 9.17) is 27.9 Å². The predicted octanol–water partition coefficient (Wildman–Crippen LogP) is 2.02. The fraction of sp³-hybridized carbons (Fsp3) is 0.667. The molecule has 2 rings (SSSR count). The summed E-state index contributed by atoms with van der Waals surface area (Å²) in [6, 6.07) is 0. The summed E-state index contributed by atoms with van der Waals surface area (Å²) in [7, 11) is 0. The number of rotatable bonds is 3. The maximum atomic E-state index is 5.83. The number of anilines is 1. The minimum absolute atomic E-state index is 0.0962. The van der Waals surface area contributed by atoms with Crippen molar-refractivity contribution in [1.29, 1.82) is 0 Å². The largest absolute Gasteiger partial charge is 0.381 e. The molecule has 16 heavy (non-hydrogen) atoms. The molecular formula is C9H12Cl2N4O. The van der Waals surface area contributed by atoms with Gasteiger partial charge in [-0.05, 0) is 30.4 Å². The minimum Gasteiger partial charge on any atom is -0.381 e. The Morgan fingerprint density at radius 2 is 2.00 bits per heavy atom. The molecule has 1 saturated heterocycles. The van der Waals surface area contributed by atoms with E-state index in [2.05, 4.69) is 20.5 Å². The molecule has 88 valence electrons. The quantitative estimate of drug-likeness (QED) is 0.903. The van der Waals surface area contributed by atoms with Crippen LogP contribution in [0.5, 0.6) is 0 Å². The Morgan fingerprint density at radius 3 is 2.75 bits per heavy atom. The van der Waals surface area contributed by atoms with Gasteiger partial charge in [0.05, 0.1) is 0 Å². The first kappa shape index (κ1) is 11.8. The van der Waals surface area contributed by atoms with E-state index in [0.717, 1.165) is 32.6 Å². The van der Waals surface area contributed by atoms with Gasteiger partial charge in [-0.25, -0.2) is 0 Å². The first-order chi connectivity index (χ1) is 7.75. The Labute approximate surface area is 104 Å². The fourth-order valence-electron chi connectivity index (χ4n) is 1.60. The lowest BCUT2D eigenvalue weighted by Gasteiger charge is -2.22. The molecule has 2 heterocycles. The fourth-order valence-corrected chi connectivity index (χ4v) is 1.87. The number of halogens is 2. The van der Waals surface area contributed by atoms with Crippen molar-refractivity contribution in [2.45, 2.75) is 12.8 Å². The third-order valence-corrected chi connectivity index (χ3v) is 2.93. The highest BCUT2D eigenvalue weighted by Crippen LogP contribution is 2.19. The standard InChI is InChI=1S/C9H12Cl2N4O/c10-7-8(13-9(11)15-14-7)12-5-6-1-3-16-4-2-6/h6H,1-5H2,(H,12,13,15). The Bertz CT molecular complexity index is 357. The van der Waals surface area contributed by atoms with Crippen LogP contribution in [0.2, 0.25) is 10.4 Å². The molecule has 0 aliphatic carbocycles. The normalized spacial score (nSPS) is 17.4. The second-order valence-corrected chi connectivity index (χ2v) is 4.35. The van der Waals surface area contributed by atoms with Crippen LogP contribution in [0.25, 0.3) is 0 Å². The molecule has 1 aliphatic heterocycles.